The van der Waals surface area contributed by atoms with Gasteiger partial charge in [0.15, 0.2) is 0 Å². The van der Waals surface area contributed by atoms with Gasteiger partial charge in [0.2, 0.25) is 0 Å². The summed E-state index contributed by atoms with van der Waals surface area (Å²) in [7, 11) is 0. The van der Waals surface area contributed by atoms with E-state index in [0.29, 0.717) is 12.8 Å². The number of ketones is 1. The van der Waals surface area contributed by atoms with Gasteiger partial charge in [-0.2, -0.15) is 0 Å². The van der Waals surface area contributed by atoms with Crippen molar-refractivity contribution in [3.8, 4) is 0 Å². The van der Waals surface area contributed by atoms with Crippen LogP contribution in [0.1, 0.15) is 18.9 Å². The van der Waals surface area contributed by atoms with E-state index in [1.54, 1.807) is 6.20 Å². The van der Waals surface area contributed by atoms with E-state index in [4.69, 9.17) is 0 Å². The summed E-state index contributed by atoms with van der Waals surface area (Å²) in [5, 5.41) is 3.02. The van der Waals surface area contributed by atoms with Gasteiger partial charge in [-0.25, -0.2) is 0 Å². The molecule has 0 aliphatic rings. The number of carbonyl (C=O) groups is 1. The van der Waals surface area contributed by atoms with E-state index in [1.807, 2.05) is 31.2 Å². The minimum atomic E-state index is 0.253. The van der Waals surface area contributed by atoms with E-state index in [2.05, 4.69) is 11.9 Å². The molecule has 0 atom stereocenters. The van der Waals surface area contributed by atoms with Gasteiger partial charge >= 0.3 is 0 Å². The average molecular weight is 189 g/mol. The third-order valence-electron chi connectivity index (χ3n) is 2.06. The van der Waals surface area contributed by atoms with Crippen molar-refractivity contribution in [2.45, 2.75) is 19.8 Å². The van der Waals surface area contributed by atoms with Crippen molar-refractivity contribution >= 4 is 11.5 Å². The summed E-state index contributed by atoms with van der Waals surface area (Å²) in [6, 6.07) is 7.78. The van der Waals surface area contributed by atoms with E-state index in [9.17, 15) is 4.79 Å². The molecule has 0 saturated carbocycles. The van der Waals surface area contributed by atoms with Crippen LogP contribution in [-0.4, -0.2) is 5.78 Å². The Bertz CT molecular complexity index is 331. The van der Waals surface area contributed by atoms with Crippen molar-refractivity contribution in [1.29, 1.82) is 0 Å². The van der Waals surface area contributed by atoms with Crippen LogP contribution in [0.3, 0.4) is 0 Å². The van der Waals surface area contributed by atoms with Crippen LogP contribution in [0.5, 0.6) is 0 Å². The number of nitrogens with one attached hydrogen (secondary N) is 1. The number of anilines is 1. The third kappa shape index (κ3) is 2.73. The van der Waals surface area contributed by atoms with Crippen LogP contribution in [0.25, 0.3) is 0 Å². The quantitative estimate of drug-likeness (QED) is 0.771. The summed E-state index contributed by atoms with van der Waals surface area (Å²) in [6.07, 6.45) is 2.70. The number of rotatable bonds is 5. The molecule has 0 heterocycles. The molecule has 0 aliphatic carbocycles. The molecule has 0 aromatic heterocycles. The fourth-order valence-corrected chi connectivity index (χ4v) is 1.26. The first-order chi connectivity index (χ1) is 6.77. The highest BCUT2D eigenvalue weighted by Crippen LogP contribution is 2.16. The number of benzene rings is 1. The predicted octanol–water partition coefficient (Wildman–Crippen LogP) is 2.76. The first kappa shape index (κ1) is 10.5. The molecule has 74 valence electrons. The molecule has 2 nitrogen and oxygen atoms in total. The molecular formula is C12H15NO. The summed E-state index contributed by atoms with van der Waals surface area (Å²) >= 11 is 0. The Morgan fingerprint density at radius 1 is 1.50 bits per heavy atom. The Balaban J connectivity index is 2.83. The first-order valence-electron chi connectivity index (χ1n) is 4.75. The molecule has 0 spiro atoms. The molecule has 0 radical (unpaired) electrons. The van der Waals surface area contributed by atoms with E-state index >= 15 is 0 Å². The molecule has 0 bridgehead atoms. The van der Waals surface area contributed by atoms with Crippen molar-refractivity contribution in [3.63, 3.8) is 0 Å². The Labute approximate surface area is 84.6 Å². The second-order valence-electron chi connectivity index (χ2n) is 3.07. The Morgan fingerprint density at radius 2 is 2.21 bits per heavy atom. The fraction of sp³-hybridized carbons (Fsp3) is 0.250. The number of Topliss-reactive ketones (excluding diaryl/α,β-unsaturated/α-hetero) is 1. The Hall–Kier alpha value is -1.57. The van der Waals surface area contributed by atoms with Crippen LogP contribution in [0.4, 0.5) is 5.69 Å². The minimum absolute atomic E-state index is 0.253. The van der Waals surface area contributed by atoms with Crippen molar-refractivity contribution < 1.29 is 4.79 Å². The van der Waals surface area contributed by atoms with E-state index < -0.39 is 0 Å². The van der Waals surface area contributed by atoms with Gasteiger partial charge < -0.3 is 5.32 Å². The molecule has 0 aliphatic heterocycles. The second kappa shape index (κ2) is 5.22. The summed E-state index contributed by atoms with van der Waals surface area (Å²) in [5.41, 5.74) is 1.99. The molecule has 1 aromatic carbocycles. The molecule has 1 rings (SSSR count). The monoisotopic (exact) mass is 189 g/mol. The van der Waals surface area contributed by atoms with Gasteiger partial charge in [-0.15, -0.1) is 0 Å². The first-order valence-corrected chi connectivity index (χ1v) is 4.75. The summed E-state index contributed by atoms with van der Waals surface area (Å²) < 4.78 is 0. The van der Waals surface area contributed by atoms with Gasteiger partial charge in [-0.05, 0) is 17.8 Å². The summed E-state index contributed by atoms with van der Waals surface area (Å²) in [6.45, 7) is 5.48. The summed E-state index contributed by atoms with van der Waals surface area (Å²) in [4.78, 5) is 11.3. The molecule has 1 aromatic rings. The Kier molecular flexibility index (Phi) is 3.92. The molecular weight excluding hydrogens is 174 g/mol. The Morgan fingerprint density at radius 3 is 2.86 bits per heavy atom. The zero-order valence-electron chi connectivity index (χ0n) is 8.42. The highest BCUT2D eigenvalue weighted by Gasteiger charge is 2.04. The van der Waals surface area contributed by atoms with Gasteiger partial charge in [-0.3, -0.25) is 4.79 Å². The standard InChI is InChI=1S/C12H15NO/c1-3-11(14)9-10-7-5-6-8-12(10)13-4-2/h4-8,13H,2-3,9H2,1H3. The van der Waals surface area contributed by atoms with Crippen LogP contribution in [0.2, 0.25) is 0 Å². The molecule has 1 N–H and O–H groups in total. The molecule has 0 unspecified atom stereocenters. The van der Waals surface area contributed by atoms with Gasteiger partial charge in [0.05, 0.1) is 0 Å². The van der Waals surface area contributed by atoms with Crippen molar-refractivity contribution in [3.05, 3.63) is 42.6 Å². The van der Waals surface area contributed by atoms with Crippen LogP contribution in [0.15, 0.2) is 37.0 Å². The van der Waals surface area contributed by atoms with E-state index in [-0.39, 0.29) is 5.78 Å². The van der Waals surface area contributed by atoms with E-state index in [0.717, 1.165) is 11.3 Å². The van der Waals surface area contributed by atoms with E-state index in [1.165, 1.54) is 0 Å². The average Bonchev–Trinajstić information content (AvgIpc) is 2.21. The SMILES string of the molecule is C=CNc1ccccc1CC(=O)CC. The number of para-hydroxylation sites is 1. The molecule has 14 heavy (non-hydrogen) atoms. The van der Waals surface area contributed by atoms with Crippen molar-refractivity contribution in [2.75, 3.05) is 5.32 Å². The number of hydrogen-bond donors (Lipinski definition) is 1. The largest absolute Gasteiger partial charge is 0.362 e. The maximum absolute atomic E-state index is 11.3. The third-order valence-corrected chi connectivity index (χ3v) is 2.06. The normalized spacial score (nSPS) is 9.50. The number of carbonyl (C=O) groups excluding carboxylic acids is 1. The summed E-state index contributed by atoms with van der Waals surface area (Å²) in [5.74, 6) is 0.253. The zero-order chi connectivity index (χ0) is 10.4. The smallest absolute Gasteiger partial charge is 0.137 e. The fourth-order valence-electron chi connectivity index (χ4n) is 1.26. The highest BCUT2D eigenvalue weighted by atomic mass is 16.1. The van der Waals surface area contributed by atoms with Crippen LogP contribution < -0.4 is 5.32 Å². The maximum atomic E-state index is 11.3. The van der Waals surface area contributed by atoms with Crippen LogP contribution in [-0.2, 0) is 11.2 Å². The topological polar surface area (TPSA) is 29.1 Å². The van der Waals surface area contributed by atoms with Gasteiger partial charge in [0.25, 0.3) is 0 Å². The van der Waals surface area contributed by atoms with Gasteiger partial charge in [0.1, 0.15) is 5.78 Å². The van der Waals surface area contributed by atoms with Gasteiger partial charge in [-0.1, -0.05) is 31.7 Å². The highest BCUT2D eigenvalue weighted by molar-refractivity contribution is 5.82. The molecule has 0 saturated heterocycles. The zero-order valence-corrected chi connectivity index (χ0v) is 8.42. The second-order valence-corrected chi connectivity index (χ2v) is 3.07. The van der Waals surface area contributed by atoms with Gasteiger partial charge in [0, 0.05) is 18.5 Å². The van der Waals surface area contributed by atoms with Crippen molar-refractivity contribution in [1.82, 2.24) is 0 Å². The molecule has 0 fully saturated rings. The molecule has 0 amide bonds. The predicted molar refractivity (Wildman–Crippen MR) is 59.3 cm³/mol. The van der Waals surface area contributed by atoms with Crippen LogP contribution >= 0.6 is 0 Å². The van der Waals surface area contributed by atoms with Crippen LogP contribution in [0, 0.1) is 0 Å². The lowest BCUT2D eigenvalue weighted by Crippen LogP contribution is -2.03. The number of hydrogen-bond acceptors (Lipinski definition) is 2. The lowest BCUT2D eigenvalue weighted by molar-refractivity contribution is -0.118. The van der Waals surface area contributed by atoms with Crippen molar-refractivity contribution in [2.24, 2.45) is 0 Å². The lowest BCUT2D eigenvalue weighted by Gasteiger charge is -2.07. The maximum Gasteiger partial charge on any atom is 0.137 e. The lowest BCUT2D eigenvalue weighted by atomic mass is 10.1. The minimum Gasteiger partial charge on any atom is -0.362 e. The molecule has 2 heteroatoms.